The van der Waals surface area contributed by atoms with Crippen LogP contribution in [0.25, 0.3) is 0 Å². The highest BCUT2D eigenvalue weighted by Crippen LogP contribution is 2.22. The van der Waals surface area contributed by atoms with E-state index in [1.807, 2.05) is 35.2 Å². The van der Waals surface area contributed by atoms with Gasteiger partial charge in [0, 0.05) is 49.7 Å². The zero-order valence-electron chi connectivity index (χ0n) is 20.7. The third kappa shape index (κ3) is 7.29. The maximum absolute atomic E-state index is 13.6. The number of benzene rings is 2. The molecule has 2 heterocycles. The number of hydrogen-bond acceptors (Lipinski definition) is 4. The molecule has 2 fully saturated rings. The van der Waals surface area contributed by atoms with Gasteiger partial charge in [-0.3, -0.25) is 14.5 Å². The van der Waals surface area contributed by atoms with Crippen molar-refractivity contribution in [2.45, 2.75) is 51.4 Å². The molecule has 188 valence electrons. The number of halogens is 1. The van der Waals surface area contributed by atoms with Gasteiger partial charge in [-0.1, -0.05) is 41.9 Å². The van der Waals surface area contributed by atoms with Crippen LogP contribution in [0, 0.1) is 5.92 Å². The summed E-state index contributed by atoms with van der Waals surface area (Å²) in [7, 11) is 0. The number of ether oxygens (including phenoxy) is 1. The maximum atomic E-state index is 13.6. The van der Waals surface area contributed by atoms with E-state index in [9.17, 15) is 9.59 Å². The smallest absolute Gasteiger partial charge is 0.251 e. The average Bonchev–Trinajstić information content (AvgIpc) is 2.84. The van der Waals surface area contributed by atoms with E-state index in [-0.39, 0.29) is 24.0 Å². The lowest BCUT2D eigenvalue weighted by atomic mass is 9.94. The highest BCUT2D eigenvalue weighted by atomic mass is 35.5. The summed E-state index contributed by atoms with van der Waals surface area (Å²) < 4.78 is 5.86. The molecule has 4 rings (SSSR count). The SMILES string of the molecule is CC1CN(CC2CCN(C(=O)C(Cc3ccccc3)NC(=O)c3ccc(Cl)cc3)CC2)CC(C)O1. The van der Waals surface area contributed by atoms with Gasteiger partial charge in [0.25, 0.3) is 5.91 Å². The first kappa shape index (κ1) is 25.7. The number of nitrogens with one attached hydrogen (secondary N) is 1. The Morgan fingerprint density at radius 3 is 2.26 bits per heavy atom. The zero-order valence-corrected chi connectivity index (χ0v) is 21.4. The van der Waals surface area contributed by atoms with Gasteiger partial charge in [-0.05, 0) is 62.4 Å². The van der Waals surface area contributed by atoms with Crippen molar-refractivity contribution < 1.29 is 14.3 Å². The van der Waals surface area contributed by atoms with Crippen molar-refractivity contribution in [1.29, 1.82) is 0 Å². The van der Waals surface area contributed by atoms with Crippen LogP contribution in [0.5, 0.6) is 0 Å². The molecule has 3 atom stereocenters. The van der Waals surface area contributed by atoms with E-state index in [2.05, 4.69) is 24.1 Å². The number of rotatable bonds is 7. The first-order valence-electron chi connectivity index (χ1n) is 12.6. The fourth-order valence-electron chi connectivity index (χ4n) is 5.25. The van der Waals surface area contributed by atoms with Crippen LogP contribution in [0.3, 0.4) is 0 Å². The van der Waals surface area contributed by atoms with E-state index >= 15 is 0 Å². The van der Waals surface area contributed by atoms with Gasteiger partial charge in [0.2, 0.25) is 5.91 Å². The second-order valence-corrected chi connectivity index (χ2v) is 10.4. The highest BCUT2D eigenvalue weighted by Gasteiger charge is 2.31. The lowest BCUT2D eigenvalue weighted by Crippen LogP contribution is -2.53. The van der Waals surface area contributed by atoms with E-state index in [4.69, 9.17) is 16.3 Å². The number of nitrogens with zero attached hydrogens (tertiary/aromatic N) is 2. The Balaban J connectivity index is 1.37. The molecule has 2 aromatic carbocycles. The van der Waals surface area contributed by atoms with Crippen molar-refractivity contribution in [2.24, 2.45) is 5.92 Å². The lowest BCUT2D eigenvalue weighted by Gasteiger charge is -2.40. The van der Waals surface area contributed by atoms with Gasteiger partial charge < -0.3 is 15.0 Å². The predicted molar refractivity (Wildman–Crippen MR) is 139 cm³/mol. The maximum Gasteiger partial charge on any atom is 0.251 e. The minimum absolute atomic E-state index is 0.0109. The molecule has 2 amide bonds. The Labute approximate surface area is 213 Å². The van der Waals surface area contributed by atoms with E-state index in [1.165, 1.54) is 0 Å². The van der Waals surface area contributed by atoms with E-state index in [0.29, 0.717) is 22.9 Å². The molecule has 3 unspecified atom stereocenters. The molecule has 0 bridgehead atoms. The van der Waals surface area contributed by atoms with Gasteiger partial charge in [-0.25, -0.2) is 0 Å². The summed E-state index contributed by atoms with van der Waals surface area (Å²) in [6.07, 6.45) is 2.96. The van der Waals surface area contributed by atoms with Crippen LogP contribution in [-0.4, -0.2) is 72.6 Å². The van der Waals surface area contributed by atoms with E-state index in [1.54, 1.807) is 24.3 Å². The first-order valence-corrected chi connectivity index (χ1v) is 13.0. The van der Waals surface area contributed by atoms with E-state index < -0.39 is 6.04 Å². The molecular formula is C28H36ClN3O3. The first-order chi connectivity index (χ1) is 16.9. The Morgan fingerprint density at radius 1 is 1.00 bits per heavy atom. The van der Waals surface area contributed by atoms with Crippen LogP contribution < -0.4 is 5.32 Å². The normalized spacial score (nSPS) is 22.5. The molecule has 0 radical (unpaired) electrons. The molecule has 7 heteroatoms. The highest BCUT2D eigenvalue weighted by molar-refractivity contribution is 6.30. The van der Waals surface area contributed by atoms with Gasteiger partial charge in [0.1, 0.15) is 6.04 Å². The largest absolute Gasteiger partial charge is 0.373 e. The molecule has 0 saturated carbocycles. The second-order valence-electron chi connectivity index (χ2n) is 9.97. The third-order valence-corrected chi connectivity index (χ3v) is 7.18. The number of carbonyl (C=O) groups excluding carboxylic acids is 2. The monoisotopic (exact) mass is 497 g/mol. The summed E-state index contributed by atoms with van der Waals surface area (Å²) in [5.41, 5.74) is 1.51. The van der Waals surface area contributed by atoms with Gasteiger partial charge in [-0.2, -0.15) is 0 Å². The second kappa shape index (κ2) is 12.0. The Bertz CT molecular complexity index is 967. The van der Waals surface area contributed by atoms with Crippen LogP contribution in [0.1, 0.15) is 42.6 Å². The summed E-state index contributed by atoms with van der Waals surface area (Å²) in [6, 6.07) is 16.0. The van der Waals surface area contributed by atoms with Crippen LogP contribution in [0.2, 0.25) is 5.02 Å². The summed E-state index contributed by atoms with van der Waals surface area (Å²) in [5.74, 6) is 0.303. The molecule has 0 spiro atoms. The number of hydrogen-bond donors (Lipinski definition) is 1. The summed E-state index contributed by atoms with van der Waals surface area (Å²) in [5, 5.41) is 3.56. The minimum atomic E-state index is -0.613. The minimum Gasteiger partial charge on any atom is -0.373 e. The topological polar surface area (TPSA) is 61.9 Å². The number of carbonyl (C=O) groups is 2. The molecule has 2 saturated heterocycles. The van der Waals surface area contributed by atoms with Gasteiger partial charge in [0.05, 0.1) is 12.2 Å². The molecule has 0 aromatic heterocycles. The van der Waals surface area contributed by atoms with Gasteiger partial charge >= 0.3 is 0 Å². The molecule has 1 N–H and O–H groups in total. The van der Waals surface area contributed by atoms with Crippen LogP contribution in [0.15, 0.2) is 54.6 Å². The zero-order chi connectivity index (χ0) is 24.8. The molecular weight excluding hydrogens is 462 g/mol. The van der Waals surface area contributed by atoms with Crippen molar-refractivity contribution in [3.8, 4) is 0 Å². The lowest BCUT2D eigenvalue weighted by molar-refractivity contribution is -0.134. The van der Waals surface area contributed by atoms with E-state index in [0.717, 1.165) is 51.1 Å². The number of likely N-dealkylation sites (tertiary alicyclic amines) is 1. The van der Waals surface area contributed by atoms with Crippen molar-refractivity contribution in [3.63, 3.8) is 0 Å². The molecule has 6 nitrogen and oxygen atoms in total. The van der Waals surface area contributed by atoms with Crippen molar-refractivity contribution >= 4 is 23.4 Å². The quantitative estimate of drug-likeness (QED) is 0.627. The standard InChI is InChI=1S/C28H36ClN3O3/c1-20-17-31(18-21(2)35-20)19-23-12-14-32(15-13-23)28(34)26(16-22-6-4-3-5-7-22)30-27(33)24-8-10-25(29)11-9-24/h3-11,20-21,23,26H,12-19H2,1-2H3,(H,30,33). The number of amides is 2. The fourth-order valence-corrected chi connectivity index (χ4v) is 5.37. The summed E-state index contributed by atoms with van der Waals surface area (Å²) >= 11 is 5.97. The van der Waals surface area contributed by atoms with Gasteiger partial charge in [-0.15, -0.1) is 0 Å². The third-order valence-electron chi connectivity index (χ3n) is 6.93. The van der Waals surface area contributed by atoms with Crippen LogP contribution in [-0.2, 0) is 16.0 Å². The molecule has 2 aromatic rings. The van der Waals surface area contributed by atoms with Crippen molar-refractivity contribution in [3.05, 3.63) is 70.7 Å². The Kier molecular flexibility index (Phi) is 8.82. The van der Waals surface area contributed by atoms with Crippen LogP contribution >= 0.6 is 11.6 Å². The Morgan fingerprint density at radius 2 is 1.63 bits per heavy atom. The fraction of sp³-hybridized carbons (Fsp3) is 0.500. The van der Waals surface area contributed by atoms with Crippen molar-refractivity contribution in [2.75, 3.05) is 32.7 Å². The average molecular weight is 498 g/mol. The number of morpholine rings is 1. The predicted octanol–water partition coefficient (Wildman–Crippen LogP) is 4.03. The van der Waals surface area contributed by atoms with Gasteiger partial charge in [0.15, 0.2) is 0 Å². The molecule has 2 aliphatic rings. The molecule has 35 heavy (non-hydrogen) atoms. The molecule has 0 aliphatic carbocycles. The summed E-state index contributed by atoms with van der Waals surface area (Å²) in [6.45, 7) is 8.71. The molecule has 2 aliphatic heterocycles. The summed E-state index contributed by atoms with van der Waals surface area (Å²) in [4.78, 5) is 30.9. The Hall–Kier alpha value is -2.41. The van der Waals surface area contributed by atoms with Crippen LogP contribution in [0.4, 0.5) is 0 Å². The van der Waals surface area contributed by atoms with Crippen molar-refractivity contribution in [1.82, 2.24) is 15.1 Å². The number of piperidine rings is 1.